The molecule has 20 heavy (non-hydrogen) atoms. The molecule has 3 N–H and O–H groups in total. The van der Waals surface area contributed by atoms with Crippen molar-refractivity contribution in [3.8, 4) is 0 Å². The Morgan fingerprint density at radius 1 is 1.25 bits per heavy atom. The molecule has 0 aliphatic rings. The number of nitrogens with zero attached hydrogens (tertiary/aromatic N) is 2. The maximum atomic E-state index is 7.51. The minimum atomic E-state index is -0.0289. The van der Waals surface area contributed by atoms with Crippen molar-refractivity contribution < 1.29 is 4.42 Å². The molecule has 0 radical (unpaired) electrons. The second kappa shape index (κ2) is 5.34. The van der Waals surface area contributed by atoms with Crippen LogP contribution in [0, 0.1) is 5.41 Å². The summed E-state index contributed by atoms with van der Waals surface area (Å²) in [7, 11) is 0. The van der Waals surface area contributed by atoms with Gasteiger partial charge in [-0.3, -0.25) is 10.4 Å². The molecule has 0 aliphatic heterocycles. The highest BCUT2D eigenvalue weighted by Gasteiger charge is 2.10. The van der Waals surface area contributed by atoms with Crippen LogP contribution in [0.15, 0.2) is 52.2 Å². The van der Waals surface area contributed by atoms with Gasteiger partial charge in [0.25, 0.3) is 5.22 Å². The van der Waals surface area contributed by atoms with E-state index in [9.17, 15) is 0 Å². The lowest BCUT2D eigenvalue weighted by molar-refractivity contribution is 0.489. The highest BCUT2D eigenvalue weighted by molar-refractivity contribution is 7.98. The van der Waals surface area contributed by atoms with Crippen molar-refractivity contribution in [2.45, 2.75) is 11.0 Å². The number of fused-ring (bicyclic) bond motifs is 1. The molecular formula is C14H12N4OS. The van der Waals surface area contributed by atoms with Crippen molar-refractivity contribution in [2.75, 3.05) is 0 Å². The van der Waals surface area contributed by atoms with E-state index >= 15 is 0 Å². The van der Waals surface area contributed by atoms with Gasteiger partial charge in [-0.05, 0) is 23.8 Å². The number of benzene rings is 1. The molecule has 0 saturated carbocycles. The highest BCUT2D eigenvalue weighted by Crippen LogP contribution is 2.26. The van der Waals surface area contributed by atoms with Crippen molar-refractivity contribution in [2.24, 2.45) is 5.73 Å². The Balaban J connectivity index is 1.81. The average molecular weight is 284 g/mol. The van der Waals surface area contributed by atoms with Gasteiger partial charge in [-0.2, -0.15) is 0 Å². The molecule has 2 aromatic heterocycles. The molecule has 3 rings (SSSR count). The summed E-state index contributed by atoms with van der Waals surface area (Å²) in [6, 6.07) is 11.4. The number of hydrogen-bond donors (Lipinski definition) is 2. The van der Waals surface area contributed by atoms with Crippen LogP contribution in [0.4, 0.5) is 0 Å². The van der Waals surface area contributed by atoms with Crippen molar-refractivity contribution in [1.82, 2.24) is 9.97 Å². The van der Waals surface area contributed by atoms with Crippen LogP contribution in [-0.4, -0.2) is 15.8 Å². The molecule has 0 fully saturated rings. The Kier molecular flexibility index (Phi) is 3.39. The van der Waals surface area contributed by atoms with Gasteiger partial charge in [0.2, 0.25) is 0 Å². The van der Waals surface area contributed by atoms with E-state index in [4.69, 9.17) is 15.6 Å². The number of thioether (sulfide) groups is 1. The van der Waals surface area contributed by atoms with Gasteiger partial charge in [0, 0.05) is 11.9 Å². The Morgan fingerprint density at radius 2 is 2.10 bits per heavy atom. The van der Waals surface area contributed by atoms with Crippen LogP contribution < -0.4 is 5.73 Å². The summed E-state index contributed by atoms with van der Waals surface area (Å²) in [5.74, 6) is 0.578. The van der Waals surface area contributed by atoms with Crippen LogP contribution in [0.1, 0.15) is 11.3 Å². The minimum absolute atomic E-state index is 0.0289. The van der Waals surface area contributed by atoms with Gasteiger partial charge in [0.05, 0.1) is 0 Å². The zero-order valence-electron chi connectivity index (χ0n) is 10.5. The number of pyridine rings is 1. The van der Waals surface area contributed by atoms with Gasteiger partial charge < -0.3 is 10.2 Å². The molecule has 1 aromatic carbocycles. The number of oxazole rings is 1. The van der Waals surface area contributed by atoms with Crippen molar-refractivity contribution in [1.29, 1.82) is 5.41 Å². The molecule has 2 heterocycles. The first kappa shape index (κ1) is 12.7. The predicted octanol–water partition coefficient (Wildman–Crippen LogP) is 2.80. The SMILES string of the molecule is N=C(N)c1ncccc1CSc1nc2ccccc2o1. The standard InChI is InChI=1S/C14H12N4OS/c15-13(16)12-9(4-3-7-17-12)8-20-14-18-10-5-1-2-6-11(10)19-14/h1-7H,8H2,(H3,15,16). The van der Waals surface area contributed by atoms with E-state index in [-0.39, 0.29) is 5.84 Å². The number of nitrogens with two attached hydrogens (primary N) is 1. The third-order valence-corrected chi connectivity index (χ3v) is 3.65. The Hall–Kier alpha value is -2.34. The fourth-order valence-corrected chi connectivity index (χ4v) is 2.67. The van der Waals surface area contributed by atoms with E-state index in [0.717, 1.165) is 16.7 Å². The number of hydrogen-bond acceptors (Lipinski definition) is 5. The number of nitrogens with one attached hydrogen (secondary N) is 1. The summed E-state index contributed by atoms with van der Waals surface area (Å²) in [6.45, 7) is 0. The van der Waals surface area contributed by atoms with Gasteiger partial charge in [0.15, 0.2) is 5.58 Å². The smallest absolute Gasteiger partial charge is 0.257 e. The first-order valence-corrected chi connectivity index (χ1v) is 6.99. The zero-order valence-corrected chi connectivity index (χ0v) is 11.4. The predicted molar refractivity (Wildman–Crippen MR) is 78.8 cm³/mol. The van der Waals surface area contributed by atoms with Crippen LogP contribution in [0.25, 0.3) is 11.1 Å². The molecule has 0 bridgehead atoms. The van der Waals surface area contributed by atoms with E-state index < -0.39 is 0 Å². The number of rotatable bonds is 4. The summed E-state index contributed by atoms with van der Waals surface area (Å²) in [5.41, 5.74) is 8.54. The zero-order chi connectivity index (χ0) is 13.9. The van der Waals surface area contributed by atoms with Gasteiger partial charge >= 0.3 is 0 Å². The highest BCUT2D eigenvalue weighted by atomic mass is 32.2. The maximum absolute atomic E-state index is 7.51. The molecule has 0 aliphatic carbocycles. The summed E-state index contributed by atoms with van der Waals surface area (Å²) >= 11 is 1.46. The van der Waals surface area contributed by atoms with Gasteiger partial charge in [0.1, 0.15) is 17.0 Å². The van der Waals surface area contributed by atoms with E-state index in [1.54, 1.807) is 6.20 Å². The van der Waals surface area contributed by atoms with Crippen LogP contribution in [0.5, 0.6) is 0 Å². The quantitative estimate of drug-likeness (QED) is 0.437. The minimum Gasteiger partial charge on any atom is -0.431 e. The second-order valence-electron chi connectivity index (χ2n) is 4.16. The molecule has 5 nitrogen and oxygen atoms in total. The topological polar surface area (TPSA) is 88.8 Å². The normalized spacial score (nSPS) is 10.8. The van der Waals surface area contributed by atoms with E-state index in [1.807, 2.05) is 36.4 Å². The van der Waals surface area contributed by atoms with Gasteiger partial charge in [-0.25, -0.2) is 4.98 Å². The largest absolute Gasteiger partial charge is 0.431 e. The molecular weight excluding hydrogens is 272 g/mol. The maximum Gasteiger partial charge on any atom is 0.257 e. The van der Waals surface area contributed by atoms with E-state index in [2.05, 4.69) is 9.97 Å². The van der Waals surface area contributed by atoms with Crippen molar-refractivity contribution in [3.05, 3.63) is 53.9 Å². The summed E-state index contributed by atoms with van der Waals surface area (Å²) < 4.78 is 5.64. The van der Waals surface area contributed by atoms with Crippen LogP contribution in [-0.2, 0) is 5.75 Å². The van der Waals surface area contributed by atoms with Crippen LogP contribution in [0.2, 0.25) is 0 Å². The van der Waals surface area contributed by atoms with Crippen molar-refractivity contribution in [3.63, 3.8) is 0 Å². The Bertz CT molecular complexity index is 735. The first-order chi connectivity index (χ1) is 9.74. The van der Waals surface area contributed by atoms with Crippen LogP contribution >= 0.6 is 11.8 Å². The number of para-hydroxylation sites is 2. The molecule has 0 atom stereocenters. The van der Waals surface area contributed by atoms with E-state index in [1.165, 1.54) is 11.8 Å². The Morgan fingerprint density at radius 3 is 2.90 bits per heavy atom. The van der Waals surface area contributed by atoms with Crippen LogP contribution in [0.3, 0.4) is 0 Å². The monoisotopic (exact) mass is 284 g/mol. The lowest BCUT2D eigenvalue weighted by atomic mass is 10.2. The van der Waals surface area contributed by atoms with Crippen molar-refractivity contribution >= 4 is 28.7 Å². The third-order valence-electron chi connectivity index (χ3n) is 2.77. The molecule has 0 unspecified atom stereocenters. The molecule has 0 amide bonds. The number of nitrogen functional groups attached to an aromatic ring is 1. The van der Waals surface area contributed by atoms with E-state index in [0.29, 0.717) is 16.7 Å². The summed E-state index contributed by atoms with van der Waals surface area (Å²) in [6.07, 6.45) is 1.63. The molecule has 0 saturated heterocycles. The first-order valence-electron chi connectivity index (χ1n) is 6.00. The fourth-order valence-electron chi connectivity index (χ4n) is 1.85. The number of aromatic nitrogens is 2. The molecule has 0 spiro atoms. The molecule has 100 valence electrons. The van der Waals surface area contributed by atoms with Gasteiger partial charge in [-0.1, -0.05) is 30.0 Å². The number of amidine groups is 1. The molecule has 3 aromatic rings. The average Bonchev–Trinajstić information content (AvgIpc) is 2.88. The third kappa shape index (κ3) is 2.50. The molecule has 6 heteroatoms. The fraction of sp³-hybridized carbons (Fsp3) is 0.0714. The lowest BCUT2D eigenvalue weighted by Crippen LogP contribution is -2.15. The van der Waals surface area contributed by atoms with Gasteiger partial charge in [-0.15, -0.1) is 0 Å². The summed E-state index contributed by atoms with van der Waals surface area (Å²) in [4.78, 5) is 8.51. The lowest BCUT2D eigenvalue weighted by Gasteiger charge is -2.04. The second-order valence-corrected chi connectivity index (χ2v) is 5.09. The Labute approximate surface area is 119 Å². The summed E-state index contributed by atoms with van der Waals surface area (Å²) in [5, 5.41) is 8.12.